The van der Waals surface area contributed by atoms with Gasteiger partial charge in [-0.15, -0.1) is 5.10 Å². The van der Waals surface area contributed by atoms with Gasteiger partial charge in [-0.2, -0.15) is 9.78 Å². The molecule has 2 amide bonds. The van der Waals surface area contributed by atoms with Crippen molar-refractivity contribution in [3.8, 4) is 11.4 Å². The molecule has 0 aliphatic heterocycles. The van der Waals surface area contributed by atoms with Gasteiger partial charge in [0.2, 0.25) is 0 Å². The molecule has 2 aromatic heterocycles. The number of rotatable bonds is 6. The number of tetrazole rings is 1. The Labute approximate surface area is 189 Å². The molecule has 164 valence electrons. The molecule has 14 heteroatoms. The van der Waals surface area contributed by atoms with Crippen molar-refractivity contribution in [2.45, 2.75) is 13.1 Å². The number of amides is 2. The van der Waals surface area contributed by atoms with Crippen LogP contribution in [0.15, 0.2) is 42.7 Å². The summed E-state index contributed by atoms with van der Waals surface area (Å²) in [6.07, 6.45) is 1.28. The van der Waals surface area contributed by atoms with E-state index in [9.17, 15) is 13.6 Å². The first kappa shape index (κ1) is 21.6. The number of nitrogens with zero attached hydrogens (tertiary/aromatic N) is 7. The van der Waals surface area contributed by atoms with Gasteiger partial charge >= 0.3 is 6.03 Å². The Bertz CT molecular complexity index is 1180. The minimum Gasteiger partial charge on any atom is -0.331 e. The topological polar surface area (TPSA) is 115 Å². The highest BCUT2D eigenvalue weighted by atomic mass is 35.5. The second-order valence-corrected chi connectivity index (χ2v) is 7.14. The molecule has 32 heavy (non-hydrogen) atoms. The molecule has 0 bridgehead atoms. The number of urea groups is 1. The number of hydrogen-bond donors (Lipinski definition) is 2. The molecule has 0 saturated carbocycles. The third-order valence-corrected chi connectivity index (χ3v) is 4.88. The maximum absolute atomic E-state index is 13.7. The molecule has 2 N–H and O–H groups in total. The second-order valence-electron chi connectivity index (χ2n) is 6.33. The van der Waals surface area contributed by atoms with Crippen LogP contribution in [0.25, 0.3) is 11.4 Å². The van der Waals surface area contributed by atoms with E-state index in [1.807, 2.05) is 0 Å². The maximum atomic E-state index is 13.7. The molecule has 0 spiro atoms. The molecule has 4 aromatic rings. The van der Waals surface area contributed by atoms with Crippen molar-refractivity contribution in [2.75, 3.05) is 0 Å². The van der Waals surface area contributed by atoms with E-state index in [1.54, 1.807) is 6.07 Å². The fourth-order valence-electron chi connectivity index (χ4n) is 2.73. The predicted octanol–water partition coefficient (Wildman–Crippen LogP) is 2.83. The van der Waals surface area contributed by atoms with Gasteiger partial charge in [0, 0.05) is 12.1 Å². The van der Waals surface area contributed by atoms with Gasteiger partial charge in [-0.1, -0.05) is 23.2 Å². The zero-order valence-electron chi connectivity index (χ0n) is 16.0. The molecule has 0 aliphatic rings. The Morgan fingerprint density at radius 3 is 2.12 bits per heavy atom. The molecule has 0 saturated heterocycles. The fraction of sp³-hybridized carbons (Fsp3) is 0.111. The van der Waals surface area contributed by atoms with Crippen molar-refractivity contribution in [3.05, 3.63) is 76.1 Å². The van der Waals surface area contributed by atoms with Crippen molar-refractivity contribution in [2.24, 2.45) is 0 Å². The normalized spacial score (nSPS) is 10.9. The number of benzene rings is 2. The van der Waals surface area contributed by atoms with Crippen molar-refractivity contribution < 1.29 is 13.6 Å². The number of carbonyl (C=O) groups is 1. The van der Waals surface area contributed by atoms with Gasteiger partial charge < -0.3 is 10.6 Å². The summed E-state index contributed by atoms with van der Waals surface area (Å²) in [7, 11) is 0. The third-order valence-electron chi connectivity index (χ3n) is 4.26. The van der Waals surface area contributed by atoms with Crippen molar-refractivity contribution in [1.29, 1.82) is 0 Å². The third kappa shape index (κ3) is 4.65. The Kier molecular flexibility index (Phi) is 6.23. The zero-order chi connectivity index (χ0) is 22.7. The molecular weight excluding hydrogens is 467 g/mol. The summed E-state index contributed by atoms with van der Waals surface area (Å²) in [6, 6.07) is 7.73. The predicted molar refractivity (Wildman–Crippen MR) is 110 cm³/mol. The van der Waals surface area contributed by atoms with Crippen LogP contribution in [0.2, 0.25) is 10.0 Å². The minimum absolute atomic E-state index is 0.00339. The quantitative estimate of drug-likeness (QED) is 0.439. The molecule has 0 radical (unpaired) electrons. The maximum Gasteiger partial charge on any atom is 0.315 e. The van der Waals surface area contributed by atoms with Gasteiger partial charge in [0.1, 0.15) is 18.0 Å². The fourth-order valence-corrected chi connectivity index (χ4v) is 2.97. The van der Waals surface area contributed by atoms with Crippen LogP contribution in [0.1, 0.15) is 11.6 Å². The van der Waals surface area contributed by atoms with Crippen LogP contribution in [0.4, 0.5) is 13.6 Å². The van der Waals surface area contributed by atoms with Crippen molar-refractivity contribution in [1.82, 2.24) is 45.6 Å². The van der Waals surface area contributed by atoms with E-state index < -0.39 is 17.7 Å². The smallest absolute Gasteiger partial charge is 0.315 e. The van der Waals surface area contributed by atoms with Gasteiger partial charge in [-0.3, -0.25) is 0 Å². The number of hydrogen-bond acceptors (Lipinski definition) is 6. The molecule has 10 nitrogen and oxygen atoms in total. The Morgan fingerprint density at radius 1 is 0.906 bits per heavy atom. The van der Waals surface area contributed by atoms with Crippen LogP contribution in [0.5, 0.6) is 0 Å². The molecule has 0 aliphatic carbocycles. The number of nitrogens with one attached hydrogen (secondary N) is 2. The van der Waals surface area contributed by atoms with E-state index >= 15 is 0 Å². The van der Waals surface area contributed by atoms with Crippen LogP contribution >= 0.6 is 23.2 Å². The highest BCUT2D eigenvalue weighted by Gasteiger charge is 2.13. The van der Waals surface area contributed by atoms with Gasteiger partial charge in [0.25, 0.3) is 0 Å². The standard InChI is InChI=1S/C18H13Cl2F2N9O/c19-12-3-1-10(5-14(12)21)30-16(25-9-26-30)7-23-18(32)24-8-17-27-28-29-31(17)11-2-4-13(20)15(22)6-11/h1-6,9H,7-8H2,(H2,23,24,32). The zero-order valence-corrected chi connectivity index (χ0v) is 17.5. The molecule has 0 unspecified atom stereocenters. The summed E-state index contributed by atoms with van der Waals surface area (Å²) < 4.78 is 30.1. The first-order valence-corrected chi connectivity index (χ1v) is 9.76. The lowest BCUT2D eigenvalue weighted by atomic mass is 10.3. The average molecular weight is 480 g/mol. The Balaban J connectivity index is 1.37. The van der Waals surface area contributed by atoms with E-state index in [-0.39, 0.29) is 29.0 Å². The largest absolute Gasteiger partial charge is 0.331 e. The molecule has 0 fully saturated rings. The Hall–Kier alpha value is -3.64. The summed E-state index contributed by atoms with van der Waals surface area (Å²) >= 11 is 11.4. The average Bonchev–Trinajstić information content (AvgIpc) is 3.44. The van der Waals surface area contributed by atoms with Crippen LogP contribution in [-0.2, 0) is 13.1 Å². The van der Waals surface area contributed by atoms with Crippen LogP contribution in [-0.4, -0.2) is 41.0 Å². The summed E-state index contributed by atoms with van der Waals surface area (Å²) in [5, 5.41) is 20.4. The highest BCUT2D eigenvalue weighted by Crippen LogP contribution is 2.19. The lowest BCUT2D eigenvalue weighted by Gasteiger charge is -2.09. The lowest BCUT2D eigenvalue weighted by molar-refractivity contribution is 0.239. The van der Waals surface area contributed by atoms with E-state index in [0.29, 0.717) is 17.2 Å². The summed E-state index contributed by atoms with van der Waals surface area (Å²) in [5.74, 6) is -0.597. The van der Waals surface area contributed by atoms with Crippen LogP contribution < -0.4 is 10.6 Å². The first-order valence-electron chi connectivity index (χ1n) is 9.01. The lowest BCUT2D eigenvalue weighted by Crippen LogP contribution is -2.36. The summed E-state index contributed by atoms with van der Waals surface area (Å²) in [6.45, 7) is -0.0401. The molecule has 2 aromatic carbocycles. The highest BCUT2D eigenvalue weighted by molar-refractivity contribution is 6.31. The van der Waals surface area contributed by atoms with Crippen molar-refractivity contribution >= 4 is 29.2 Å². The van der Waals surface area contributed by atoms with E-state index in [0.717, 1.165) is 0 Å². The summed E-state index contributed by atoms with van der Waals surface area (Å²) in [4.78, 5) is 16.3. The molecule has 4 rings (SSSR count). The van der Waals surface area contributed by atoms with Crippen molar-refractivity contribution in [3.63, 3.8) is 0 Å². The second kappa shape index (κ2) is 9.24. The van der Waals surface area contributed by atoms with E-state index in [4.69, 9.17) is 23.2 Å². The number of carbonyl (C=O) groups excluding carboxylic acids is 1. The number of aromatic nitrogens is 7. The van der Waals surface area contributed by atoms with Crippen LogP contribution in [0, 0.1) is 11.6 Å². The van der Waals surface area contributed by atoms with Gasteiger partial charge in [-0.05, 0) is 34.7 Å². The molecule has 2 heterocycles. The molecule has 0 atom stereocenters. The summed E-state index contributed by atoms with van der Waals surface area (Å²) in [5.41, 5.74) is 0.744. The Morgan fingerprint density at radius 2 is 1.50 bits per heavy atom. The van der Waals surface area contributed by atoms with Gasteiger partial charge in [-0.25, -0.2) is 23.2 Å². The minimum atomic E-state index is -0.624. The van der Waals surface area contributed by atoms with Gasteiger partial charge in [0.05, 0.1) is 34.5 Å². The van der Waals surface area contributed by atoms with Crippen LogP contribution in [0.3, 0.4) is 0 Å². The monoisotopic (exact) mass is 479 g/mol. The molecular formula is C18H13Cl2F2N9O. The first-order chi connectivity index (χ1) is 15.4. The SMILES string of the molecule is O=C(NCc1ncnn1-c1ccc(Cl)c(F)c1)NCc1nnnn1-c1ccc(Cl)c(F)c1. The van der Waals surface area contributed by atoms with E-state index in [1.165, 1.54) is 46.0 Å². The van der Waals surface area contributed by atoms with E-state index in [2.05, 4.69) is 36.2 Å². The number of halogens is 4. The van der Waals surface area contributed by atoms with Gasteiger partial charge in [0.15, 0.2) is 11.6 Å².